The molecule has 1 heteroatoms. The third-order valence-electron chi connectivity index (χ3n) is 11.5. The van der Waals surface area contributed by atoms with Crippen LogP contribution >= 0.6 is 0 Å². The van der Waals surface area contributed by atoms with E-state index in [0.29, 0.717) is 22.5 Å². The summed E-state index contributed by atoms with van der Waals surface area (Å²) in [6.07, 6.45) is 14.4. The molecule has 0 aromatic heterocycles. The van der Waals surface area contributed by atoms with Gasteiger partial charge in [-0.25, -0.2) is 0 Å². The van der Waals surface area contributed by atoms with Gasteiger partial charge in [-0.2, -0.15) is 0 Å². The van der Waals surface area contributed by atoms with E-state index < -0.39 is 0 Å². The lowest BCUT2D eigenvalue weighted by atomic mass is 9.44. The Kier molecular flexibility index (Phi) is 6.02. The van der Waals surface area contributed by atoms with E-state index in [1.807, 2.05) is 0 Å². The lowest BCUT2D eigenvalue weighted by Crippen LogP contribution is -2.53. The smallest absolute Gasteiger partial charge is 0.133 e. The van der Waals surface area contributed by atoms with Gasteiger partial charge in [-0.1, -0.05) is 54.4 Å². The SMILES string of the molecule is CC(C)[C@@H](C)CC[C@@H](C)[C@@H]1CC[C@@H]2[C@@H]3CC[C@H]4CC(=O)CC[C@]4(C)[C@H]3CC[C@@]21C. The summed E-state index contributed by atoms with van der Waals surface area (Å²) in [5.74, 6) is 7.60. The van der Waals surface area contributed by atoms with E-state index in [1.165, 1.54) is 57.8 Å². The van der Waals surface area contributed by atoms with Crippen molar-refractivity contribution >= 4 is 5.78 Å². The summed E-state index contributed by atoms with van der Waals surface area (Å²) in [6, 6.07) is 0. The molecule has 9 atom stereocenters. The molecule has 0 aromatic rings. The minimum Gasteiger partial charge on any atom is -0.300 e. The minimum absolute atomic E-state index is 0.467. The van der Waals surface area contributed by atoms with Crippen molar-refractivity contribution in [3.8, 4) is 0 Å². The molecule has 0 unspecified atom stereocenters. The molecule has 0 aromatic carbocycles. The van der Waals surface area contributed by atoms with Crippen LogP contribution in [-0.4, -0.2) is 5.78 Å². The Labute approximate surface area is 181 Å². The first-order chi connectivity index (χ1) is 13.7. The van der Waals surface area contributed by atoms with Crippen LogP contribution in [0.1, 0.15) is 112 Å². The van der Waals surface area contributed by atoms with E-state index in [9.17, 15) is 4.79 Å². The summed E-state index contributed by atoms with van der Waals surface area (Å²) < 4.78 is 0. The maximum atomic E-state index is 12.1. The van der Waals surface area contributed by atoms with Crippen LogP contribution in [0, 0.1) is 58.2 Å². The fourth-order valence-electron chi connectivity index (χ4n) is 9.08. The molecule has 4 rings (SSSR count). The van der Waals surface area contributed by atoms with Gasteiger partial charge in [0.2, 0.25) is 0 Å². The predicted octanol–water partition coefficient (Wildman–Crippen LogP) is 7.92. The lowest BCUT2D eigenvalue weighted by Gasteiger charge is -2.60. The first-order valence-electron chi connectivity index (χ1n) is 13.2. The molecule has 4 aliphatic rings. The van der Waals surface area contributed by atoms with E-state index in [0.717, 1.165) is 54.3 Å². The fraction of sp³-hybridized carbons (Fsp3) is 0.964. The first-order valence-corrected chi connectivity index (χ1v) is 13.2. The Morgan fingerprint density at radius 3 is 2.31 bits per heavy atom. The minimum atomic E-state index is 0.467. The summed E-state index contributed by atoms with van der Waals surface area (Å²) in [4.78, 5) is 12.1. The highest BCUT2D eigenvalue weighted by Crippen LogP contribution is 2.68. The Bertz CT molecular complexity index is 607. The average Bonchev–Trinajstić information content (AvgIpc) is 3.03. The first kappa shape index (κ1) is 21.9. The van der Waals surface area contributed by atoms with E-state index in [-0.39, 0.29) is 0 Å². The molecule has 4 aliphatic carbocycles. The van der Waals surface area contributed by atoms with Gasteiger partial charge in [0.25, 0.3) is 0 Å². The molecule has 0 bridgehead atoms. The molecular weight excluding hydrogens is 352 g/mol. The zero-order chi connectivity index (χ0) is 21.0. The van der Waals surface area contributed by atoms with Crippen molar-refractivity contribution in [1.82, 2.24) is 0 Å². The fourth-order valence-corrected chi connectivity index (χ4v) is 9.08. The number of ketones is 1. The molecule has 4 saturated carbocycles. The highest BCUT2D eigenvalue weighted by Gasteiger charge is 2.60. The number of carbonyl (C=O) groups excluding carboxylic acids is 1. The van der Waals surface area contributed by atoms with Crippen molar-refractivity contribution < 1.29 is 4.79 Å². The second kappa shape index (κ2) is 7.98. The summed E-state index contributed by atoms with van der Waals surface area (Å²) >= 11 is 0. The second-order valence-corrected chi connectivity index (χ2v) is 12.9. The standard InChI is InChI=1S/C28H48O/c1-18(2)19(3)7-8-20(4)24-11-12-25-23-10-9-21-17-22(29)13-15-27(21,5)26(23)14-16-28(24,25)6/h18-21,23-26H,7-17H2,1-6H3/t19-,20+,21-,23-,24-,25+,26-,27-,28+/m0/s1. The maximum absolute atomic E-state index is 12.1. The third-order valence-corrected chi connectivity index (χ3v) is 11.5. The largest absolute Gasteiger partial charge is 0.300 e. The van der Waals surface area contributed by atoms with Crippen LogP contribution in [0.5, 0.6) is 0 Å². The van der Waals surface area contributed by atoms with E-state index >= 15 is 0 Å². The molecule has 1 nitrogen and oxygen atoms in total. The van der Waals surface area contributed by atoms with Gasteiger partial charge in [0, 0.05) is 12.8 Å². The molecule has 0 spiro atoms. The molecule has 0 heterocycles. The van der Waals surface area contributed by atoms with Gasteiger partial charge in [0.1, 0.15) is 5.78 Å². The Hall–Kier alpha value is -0.330. The van der Waals surface area contributed by atoms with Gasteiger partial charge in [-0.05, 0) is 103 Å². The van der Waals surface area contributed by atoms with Gasteiger partial charge < -0.3 is 0 Å². The molecular formula is C28H48O. The van der Waals surface area contributed by atoms with E-state index in [1.54, 1.807) is 0 Å². The van der Waals surface area contributed by atoms with Crippen LogP contribution in [0.15, 0.2) is 0 Å². The van der Waals surface area contributed by atoms with Gasteiger partial charge in [0.05, 0.1) is 0 Å². The highest BCUT2D eigenvalue weighted by molar-refractivity contribution is 5.79. The van der Waals surface area contributed by atoms with Crippen LogP contribution < -0.4 is 0 Å². The van der Waals surface area contributed by atoms with Gasteiger partial charge >= 0.3 is 0 Å². The number of carbonyl (C=O) groups is 1. The van der Waals surface area contributed by atoms with Gasteiger partial charge in [0.15, 0.2) is 0 Å². The maximum Gasteiger partial charge on any atom is 0.133 e. The molecule has 0 radical (unpaired) electrons. The predicted molar refractivity (Wildman–Crippen MR) is 123 cm³/mol. The van der Waals surface area contributed by atoms with Crippen molar-refractivity contribution in [2.24, 2.45) is 58.2 Å². The van der Waals surface area contributed by atoms with Crippen LogP contribution in [-0.2, 0) is 4.79 Å². The zero-order valence-electron chi connectivity index (χ0n) is 20.3. The number of fused-ring (bicyclic) bond motifs is 5. The Morgan fingerprint density at radius 2 is 1.59 bits per heavy atom. The molecule has 0 aliphatic heterocycles. The summed E-state index contributed by atoms with van der Waals surface area (Å²) in [6.45, 7) is 15.1. The third kappa shape index (κ3) is 3.65. The van der Waals surface area contributed by atoms with Gasteiger partial charge in [-0.15, -0.1) is 0 Å². The average molecular weight is 401 g/mol. The highest BCUT2D eigenvalue weighted by atomic mass is 16.1. The number of hydrogen-bond acceptors (Lipinski definition) is 1. The van der Waals surface area contributed by atoms with Crippen LogP contribution in [0.25, 0.3) is 0 Å². The molecule has 0 N–H and O–H groups in total. The molecule has 4 fully saturated rings. The van der Waals surface area contributed by atoms with Crippen molar-refractivity contribution in [2.45, 2.75) is 112 Å². The van der Waals surface area contributed by atoms with Crippen molar-refractivity contribution in [1.29, 1.82) is 0 Å². The molecule has 0 saturated heterocycles. The Morgan fingerprint density at radius 1 is 0.862 bits per heavy atom. The lowest BCUT2D eigenvalue weighted by molar-refractivity contribution is -0.140. The van der Waals surface area contributed by atoms with Crippen LogP contribution in [0.4, 0.5) is 0 Å². The van der Waals surface area contributed by atoms with E-state index in [2.05, 4.69) is 41.5 Å². The molecule has 0 amide bonds. The number of rotatable bonds is 5. The normalized spacial score (nSPS) is 46.7. The van der Waals surface area contributed by atoms with Crippen LogP contribution in [0.2, 0.25) is 0 Å². The molecule has 29 heavy (non-hydrogen) atoms. The van der Waals surface area contributed by atoms with Gasteiger partial charge in [-0.3, -0.25) is 4.79 Å². The second-order valence-electron chi connectivity index (χ2n) is 12.9. The molecule has 166 valence electrons. The Balaban J connectivity index is 1.46. The van der Waals surface area contributed by atoms with Crippen LogP contribution in [0.3, 0.4) is 0 Å². The summed E-state index contributed by atoms with van der Waals surface area (Å²) in [7, 11) is 0. The van der Waals surface area contributed by atoms with Crippen molar-refractivity contribution in [3.05, 3.63) is 0 Å². The zero-order valence-corrected chi connectivity index (χ0v) is 20.3. The summed E-state index contributed by atoms with van der Waals surface area (Å²) in [5, 5.41) is 0. The summed E-state index contributed by atoms with van der Waals surface area (Å²) in [5.41, 5.74) is 1.06. The number of hydrogen-bond donors (Lipinski definition) is 0. The number of Topliss-reactive ketones (excluding diaryl/α,β-unsaturated/α-hetero) is 1. The monoisotopic (exact) mass is 400 g/mol. The quantitative estimate of drug-likeness (QED) is 0.458. The topological polar surface area (TPSA) is 17.1 Å². The van der Waals surface area contributed by atoms with E-state index in [4.69, 9.17) is 0 Å². The van der Waals surface area contributed by atoms with Crippen molar-refractivity contribution in [3.63, 3.8) is 0 Å². The van der Waals surface area contributed by atoms with Crippen molar-refractivity contribution in [2.75, 3.05) is 0 Å².